The molecule has 0 saturated heterocycles. The number of benzene rings is 1. The molecule has 25 heavy (non-hydrogen) atoms. The average molecular weight is 413 g/mol. The molecule has 0 spiro atoms. The quantitative estimate of drug-likeness (QED) is 0.570. The molecule has 0 saturated carbocycles. The van der Waals surface area contributed by atoms with Crippen molar-refractivity contribution in [1.82, 2.24) is 10.9 Å². The summed E-state index contributed by atoms with van der Waals surface area (Å²) in [5, 5.41) is 9.36. The number of carbonyl (C=O) groups is 3. The van der Waals surface area contributed by atoms with Crippen molar-refractivity contribution in [3.05, 3.63) is 34.3 Å². The molecule has 0 fully saturated rings. The van der Waals surface area contributed by atoms with Gasteiger partial charge >= 0.3 is 5.97 Å². The second kappa shape index (κ2) is 10.2. The molecule has 0 aliphatic heterocycles. The molecule has 0 bridgehead atoms. The van der Waals surface area contributed by atoms with Crippen LogP contribution in [0.4, 0.5) is 0 Å². The van der Waals surface area contributed by atoms with Gasteiger partial charge in [0.25, 0.3) is 5.91 Å². The number of carbonyl (C=O) groups excluding carboxylic acids is 2. The lowest BCUT2D eigenvalue weighted by atomic mass is 9.85. The molecule has 1 rings (SSSR count). The van der Waals surface area contributed by atoms with E-state index in [1.807, 2.05) is 13.8 Å². The van der Waals surface area contributed by atoms with E-state index in [0.717, 1.165) is 6.42 Å². The minimum atomic E-state index is -0.891. The smallest absolute Gasteiger partial charge is 0.306 e. The maximum Gasteiger partial charge on any atom is 0.306 e. The second-order valence-electron chi connectivity index (χ2n) is 6.58. The highest BCUT2D eigenvalue weighted by atomic mass is 79.9. The van der Waals surface area contributed by atoms with E-state index in [1.165, 1.54) is 0 Å². The number of amides is 2. The normalized spacial score (nSPS) is 13.2. The summed E-state index contributed by atoms with van der Waals surface area (Å²) in [5.74, 6) is -2.24. The van der Waals surface area contributed by atoms with Crippen LogP contribution in [-0.4, -0.2) is 22.9 Å². The van der Waals surface area contributed by atoms with E-state index in [-0.39, 0.29) is 12.3 Å². The number of aliphatic carboxylic acids is 1. The maximum absolute atomic E-state index is 12.0. The van der Waals surface area contributed by atoms with E-state index in [9.17, 15) is 19.5 Å². The second-order valence-corrected chi connectivity index (χ2v) is 7.43. The fourth-order valence-electron chi connectivity index (χ4n) is 2.49. The topological polar surface area (TPSA) is 95.5 Å². The van der Waals surface area contributed by atoms with Gasteiger partial charge in [-0.3, -0.25) is 25.2 Å². The Kier molecular flexibility index (Phi) is 8.61. The van der Waals surface area contributed by atoms with Gasteiger partial charge in [-0.1, -0.05) is 39.3 Å². The Morgan fingerprint density at radius 3 is 2.28 bits per heavy atom. The predicted octanol–water partition coefficient (Wildman–Crippen LogP) is 3.37. The van der Waals surface area contributed by atoms with Gasteiger partial charge in [-0.25, -0.2) is 0 Å². The fraction of sp³-hybridized carbons (Fsp3) is 0.500. The van der Waals surface area contributed by atoms with Crippen LogP contribution in [0, 0.1) is 17.8 Å². The number of rotatable bonds is 8. The highest BCUT2D eigenvalue weighted by Crippen LogP contribution is 2.23. The SMILES string of the molecule is CC(C)CC[C@@H](C(=O)O)[C@H](C)CC(=O)NNC(=O)c1ccccc1Br. The summed E-state index contributed by atoms with van der Waals surface area (Å²) in [4.78, 5) is 35.5. The predicted molar refractivity (Wildman–Crippen MR) is 98.7 cm³/mol. The van der Waals surface area contributed by atoms with Gasteiger partial charge < -0.3 is 5.11 Å². The van der Waals surface area contributed by atoms with Gasteiger partial charge in [0, 0.05) is 10.9 Å². The number of hydrogen-bond donors (Lipinski definition) is 3. The average Bonchev–Trinajstić information content (AvgIpc) is 2.52. The van der Waals surface area contributed by atoms with E-state index in [1.54, 1.807) is 31.2 Å². The molecule has 6 nitrogen and oxygen atoms in total. The Morgan fingerprint density at radius 1 is 1.08 bits per heavy atom. The van der Waals surface area contributed by atoms with Crippen molar-refractivity contribution in [2.24, 2.45) is 17.8 Å². The van der Waals surface area contributed by atoms with Gasteiger partial charge in [0.15, 0.2) is 0 Å². The van der Waals surface area contributed by atoms with Gasteiger partial charge in [-0.2, -0.15) is 0 Å². The molecular weight excluding hydrogens is 388 g/mol. The van der Waals surface area contributed by atoms with Crippen molar-refractivity contribution in [2.45, 2.75) is 40.0 Å². The van der Waals surface area contributed by atoms with Gasteiger partial charge in [0.05, 0.1) is 11.5 Å². The zero-order valence-corrected chi connectivity index (χ0v) is 16.3. The fourth-order valence-corrected chi connectivity index (χ4v) is 2.95. The zero-order valence-electron chi connectivity index (χ0n) is 14.7. The highest BCUT2D eigenvalue weighted by Gasteiger charge is 2.26. The van der Waals surface area contributed by atoms with Crippen molar-refractivity contribution in [1.29, 1.82) is 0 Å². The first kappa shape index (κ1) is 21.2. The van der Waals surface area contributed by atoms with Crippen molar-refractivity contribution in [3.8, 4) is 0 Å². The van der Waals surface area contributed by atoms with Gasteiger partial charge in [0.2, 0.25) is 5.91 Å². The lowest BCUT2D eigenvalue weighted by molar-refractivity contribution is -0.144. The molecule has 3 N–H and O–H groups in total. The van der Waals surface area contributed by atoms with Crippen molar-refractivity contribution < 1.29 is 19.5 Å². The maximum atomic E-state index is 12.0. The molecule has 0 radical (unpaired) electrons. The van der Waals surface area contributed by atoms with E-state index in [4.69, 9.17) is 0 Å². The van der Waals surface area contributed by atoms with Crippen LogP contribution < -0.4 is 10.9 Å². The molecule has 138 valence electrons. The van der Waals surface area contributed by atoms with E-state index in [2.05, 4.69) is 26.8 Å². The summed E-state index contributed by atoms with van der Waals surface area (Å²) >= 11 is 3.27. The molecule has 7 heteroatoms. The Morgan fingerprint density at radius 2 is 1.72 bits per heavy atom. The number of hydrogen-bond acceptors (Lipinski definition) is 3. The molecule has 0 aliphatic carbocycles. The lowest BCUT2D eigenvalue weighted by Gasteiger charge is -2.20. The Bertz CT molecular complexity index is 619. The van der Waals surface area contributed by atoms with Crippen LogP contribution in [0.3, 0.4) is 0 Å². The Labute approximate surface area is 156 Å². The van der Waals surface area contributed by atoms with E-state index in [0.29, 0.717) is 22.4 Å². The minimum Gasteiger partial charge on any atom is -0.481 e. The molecule has 1 aromatic rings. The third kappa shape index (κ3) is 7.25. The van der Waals surface area contributed by atoms with Crippen molar-refractivity contribution in [3.63, 3.8) is 0 Å². The van der Waals surface area contributed by atoms with Crippen LogP contribution in [0.2, 0.25) is 0 Å². The standard InChI is InChI=1S/C18H25BrN2O4/c1-11(2)8-9-13(18(24)25)12(3)10-16(22)20-21-17(23)14-6-4-5-7-15(14)19/h4-7,11-13H,8-10H2,1-3H3,(H,20,22)(H,21,23)(H,24,25)/t12-,13-/m1/s1. The number of nitrogens with one attached hydrogen (secondary N) is 2. The first-order chi connectivity index (χ1) is 11.7. The first-order valence-electron chi connectivity index (χ1n) is 8.28. The number of hydrazine groups is 1. The molecule has 1 aromatic carbocycles. The number of carboxylic acids is 1. The van der Waals surface area contributed by atoms with E-state index < -0.39 is 23.7 Å². The molecule has 2 atom stereocenters. The third-order valence-corrected chi connectivity index (χ3v) is 4.69. The van der Waals surface area contributed by atoms with Gasteiger partial charge in [0.1, 0.15) is 0 Å². The highest BCUT2D eigenvalue weighted by molar-refractivity contribution is 9.10. The summed E-state index contributed by atoms with van der Waals surface area (Å²) in [7, 11) is 0. The number of carboxylic acid groups (broad SMARTS) is 1. The summed E-state index contributed by atoms with van der Waals surface area (Å²) in [6.45, 7) is 5.81. The Balaban J connectivity index is 2.53. The third-order valence-electron chi connectivity index (χ3n) is 4.00. The van der Waals surface area contributed by atoms with Crippen LogP contribution in [0.5, 0.6) is 0 Å². The monoisotopic (exact) mass is 412 g/mol. The summed E-state index contributed by atoms with van der Waals surface area (Å²) < 4.78 is 0.620. The van der Waals surface area contributed by atoms with Crippen molar-refractivity contribution in [2.75, 3.05) is 0 Å². The summed E-state index contributed by atoms with van der Waals surface area (Å²) in [5.41, 5.74) is 5.09. The number of halogens is 1. The van der Waals surface area contributed by atoms with Crippen molar-refractivity contribution >= 4 is 33.7 Å². The molecular formula is C18H25BrN2O4. The Hall–Kier alpha value is -1.89. The largest absolute Gasteiger partial charge is 0.481 e. The van der Waals surface area contributed by atoms with Crippen LogP contribution in [0.15, 0.2) is 28.7 Å². The molecule has 0 heterocycles. The molecule has 0 unspecified atom stereocenters. The van der Waals surface area contributed by atoms with Gasteiger partial charge in [-0.05, 0) is 46.3 Å². The van der Waals surface area contributed by atoms with Crippen LogP contribution >= 0.6 is 15.9 Å². The molecule has 2 amide bonds. The molecule has 0 aliphatic rings. The summed E-state index contributed by atoms with van der Waals surface area (Å²) in [6, 6.07) is 6.85. The van der Waals surface area contributed by atoms with Crippen LogP contribution in [-0.2, 0) is 9.59 Å². The molecule has 0 aromatic heterocycles. The van der Waals surface area contributed by atoms with E-state index >= 15 is 0 Å². The zero-order chi connectivity index (χ0) is 19.0. The minimum absolute atomic E-state index is 0.0330. The first-order valence-corrected chi connectivity index (χ1v) is 9.08. The summed E-state index contributed by atoms with van der Waals surface area (Å²) in [6.07, 6.45) is 1.36. The lowest BCUT2D eigenvalue weighted by Crippen LogP contribution is -2.42. The van der Waals surface area contributed by atoms with Gasteiger partial charge in [-0.15, -0.1) is 0 Å². The van der Waals surface area contributed by atoms with Crippen LogP contribution in [0.25, 0.3) is 0 Å². The van der Waals surface area contributed by atoms with Crippen LogP contribution in [0.1, 0.15) is 50.4 Å².